The van der Waals surface area contributed by atoms with Crippen molar-refractivity contribution in [2.45, 2.75) is 32.4 Å². The van der Waals surface area contributed by atoms with E-state index in [0.717, 1.165) is 17.6 Å². The van der Waals surface area contributed by atoms with E-state index in [2.05, 4.69) is 16.1 Å². The molecule has 3 heterocycles. The maximum atomic E-state index is 9.39. The van der Waals surface area contributed by atoms with Gasteiger partial charge in [-0.15, -0.1) is 0 Å². The zero-order chi connectivity index (χ0) is 12.4. The molecule has 0 aliphatic carbocycles. The molecule has 96 valence electrons. The van der Waals surface area contributed by atoms with Crippen molar-refractivity contribution < 1.29 is 5.11 Å². The fourth-order valence-corrected chi connectivity index (χ4v) is 2.79. The van der Waals surface area contributed by atoms with Gasteiger partial charge in [0.15, 0.2) is 0 Å². The van der Waals surface area contributed by atoms with Gasteiger partial charge in [-0.05, 0) is 37.6 Å². The first-order valence-corrected chi connectivity index (χ1v) is 6.66. The maximum absolute atomic E-state index is 9.39. The number of likely N-dealkylation sites (tertiary alicyclic amines) is 1. The van der Waals surface area contributed by atoms with Gasteiger partial charge in [-0.25, -0.2) is 4.52 Å². The molecule has 2 aromatic heterocycles. The minimum absolute atomic E-state index is 0.0561. The predicted octanol–water partition coefficient (Wildman–Crippen LogP) is 1.81. The molecule has 0 radical (unpaired) electrons. The molecule has 1 aliphatic heterocycles. The number of aliphatic hydroxyl groups is 1. The summed E-state index contributed by atoms with van der Waals surface area (Å²) in [5.41, 5.74) is 3.26. The molecule has 0 atom stereocenters. The second-order valence-electron chi connectivity index (χ2n) is 4.99. The summed E-state index contributed by atoms with van der Waals surface area (Å²) in [5, 5.41) is 13.7. The number of rotatable bonds is 3. The number of hydrogen-bond donors (Lipinski definition) is 1. The lowest BCUT2D eigenvalue weighted by Crippen LogP contribution is -2.29. The number of hydrogen-bond acceptors (Lipinski definition) is 3. The third kappa shape index (κ3) is 2.13. The molecule has 1 saturated heterocycles. The maximum Gasteiger partial charge on any atom is 0.0761 e. The van der Waals surface area contributed by atoms with Gasteiger partial charge in [0, 0.05) is 18.3 Å². The van der Waals surface area contributed by atoms with Crippen LogP contribution in [-0.2, 0) is 13.2 Å². The number of fused-ring (bicyclic) bond motifs is 1. The first kappa shape index (κ1) is 11.7. The van der Waals surface area contributed by atoms with Crippen molar-refractivity contribution in [2.75, 3.05) is 13.1 Å². The summed E-state index contributed by atoms with van der Waals surface area (Å²) < 4.78 is 1.87. The molecule has 4 heteroatoms. The number of piperidine rings is 1. The van der Waals surface area contributed by atoms with Crippen LogP contribution in [0.15, 0.2) is 24.5 Å². The Morgan fingerprint density at radius 1 is 1.17 bits per heavy atom. The molecule has 3 rings (SSSR count). The Labute approximate surface area is 107 Å². The molecule has 0 spiro atoms. The third-order valence-corrected chi connectivity index (χ3v) is 3.71. The van der Waals surface area contributed by atoms with E-state index in [1.165, 1.54) is 37.9 Å². The minimum Gasteiger partial charge on any atom is -0.392 e. The van der Waals surface area contributed by atoms with Crippen LogP contribution < -0.4 is 0 Å². The largest absolute Gasteiger partial charge is 0.392 e. The van der Waals surface area contributed by atoms with E-state index in [1.54, 1.807) is 6.20 Å². The fraction of sp³-hybridized carbons (Fsp3) is 0.500. The number of aromatic nitrogens is 2. The highest BCUT2D eigenvalue weighted by Crippen LogP contribution is 2.19. The summed E-state index contributed by atoms with van der Waals surface area (Å²) in [5.74, 6) is 0. The van der Waals surface area contributed by atoms with Crippen LogP contribution in [-0.4, -0.2) is 32.7 Å². The molecule has 2 aromatic rings. The lowest BCUT2D eigenvalue weighted by Gasteiger charge is -2.26. The quantitative estimate of drug-likeness (QED) is 0.896. The van der Waals surface area contributed by atoms with Gasteiger partial charge >= 0.3 is 0 Å². The average molecular weight is 245 g/mol. The second-order valence-corrected chi connectivity index (χ2v) is 4.99. The van der Waals surface area contributed by atoms with E-state index in [9.17, 15) is 5.11 Å². The zero-order valence-corrected chi connectivity index (χ0v) is 10.5. The summed E-state index contributed by atoms with van der Waals surface area (Å²) >= 11 is 0. The molecule has 0 aromatic carbocycles. The Bertz CT molecular complexity index is 529. The summed E-state index contributed by atoms with van der Waals surface area (Å²) in [6.45, 7) is 3.39. The van der Waals surface area contributed by atoms with E-state index < -0.39 is 0 Å². The Morgan fingerprint density at radius 3 is 2.78 bits per heavy atom. The van der Waals surface area contributed by atoms with Gasteiger partial charge in [0.25, 0.3) is 0 Å². The van der Waals surface area contributed by atoms with Gasteiger partial charge in [-0.1, -0.05) is 12.5 Å². The lowest BCUT2D eigenvalue weighted by molar-refractivity contribution is 0.221. The van der Waals surface area contributed by atoms with Gasteiger partial charge in [0.1, 0.15) is 0 Å². The van der Waals surface area contributed by atoms with Crippen molar-refractivity contribution >= 4 is 5.52 Å². The normalized spacial score (nSPS) is 17.4. The molecule has 1 N–H and O–H groups in total. The molecule has 0 unspecified atom stereocenters. The highest BCUT2D eigenvalue weighted by atomic mass is 16.3. The van der Waals surface area contributed by atoms with Crippen LogP contribution in [0.5, 0.6) is 0 Å². The highest BCUT2D eigenvalue weighted by Gasteiger charge is 2.14. The molecular weight excluding hydrogens is 226 g/mol. The Kier molecular flexibility index (Phi) is 3.30. The first-order chi connectivity index (χ1) is 8.88. The van der Waals surface area contributed by atoms with Crippen LogP contribution in [0.2, 0.25) is 0 Å². The molecular formula is C14H19N3O. The predicted molar refractivity (Wildman–Crippen MR) is 70.2 cm³/mol. The zero-order valence-electron chi connectivity index (χ0n) is 10.5. The molecule has 18 heavy (non-hydrogen) atoms. The van der Waals surface area contributed by atoms with E-state index in [-0.39, 0.29) is 6.61 Å². The summed E-state index contributed by atoms with van der Waals surface area (Å²) in [7, 11) is 0. The molecule has 1 fully saturated rings. The van der Waals surface area contributed by atoms with Crippen molar-refractivity contribution in [3.8, 4) is 0 Å². The molecule has 4 nitrogen and oxygen atoms in total. The molecule has 0 amide bonds. The minimum atomic E-state index is 0.0561. The number of aliphatic hydroxyl groups excluding tert-OH is 1. The topological polar surface area (TPSA) is 40.8 Å². The van der Waals surface area contributed by atoms with E-state index in [1.807, 2.05) is 16.8 Å². The Morgan fingerprint density at radius 2 is 2.00 bits per heavy atom. The molecule has 0 saturated carbocycles. The smallest absolute Gasteiger partial charge is 0.0761 e. The monoisotopic (exact) mass is 245 g/mol. The Balaban J connectivity index is 1.92. The molecule has 1 aliphatic rings. The summed E-state index contributed by atoms with van der Waals surface area (Å²) in [6.07, 6.45) is 7.66. The second kappa shape index (κ2) is 5.08. The molecule has 0 bridgehead atoms. The Hall–Kier alpha value is -1.39. The van der Waals surface area contributed by atoms with Crippen molar-refractivity contribution in [1.29, 1.82) is 0 Å². The van der Waals surface area contributed by atoms with Gasteiger partial charge in [-0.3, -0.25) is 4.90 Å². The van der Waals surface area contributed by atoms with E-state index in [4.69, 9.17) is 0 Å². The average Bonchev–Trinajstić information content (AvgIpc) is 2.84. The highest BCUT2D eigenvalue weighted by molar-refractivity contribution is 5.60. The third-order valence-electron chi connectivity index (χ3n) is 3.71. The number of nitrogens with zero attached hydrogens (tertiary/aromatic N) is 3. The van der Waals surface area contributed by atoms with Gasteiger partial charge < -0.3 is 5.11 Å². The van der Waals surface area contributed by atoms with Gasteiger partial charge in [-0.2, -0.15) is 5.10 Å². The van der Waals surface area contributed by atoms with E-state index in [0.29, 0.717) is 0 Å². The van der Waals surface area contributed by atoms with Gasteiger partial charge in [0.05, 0.1) is 18.3 Å². The van der Waals surface area contributed by atoms with Crippen LogP contribution in [0.3, 0.4) is 0 Å². The van der Waals surface area contributed by atoms with Crippen molar-refractivity contribution in [2.24, 2.45) is 0 Å². The first-order valence-electron chi connectivity index (χ1n) is 6.66. The van der Waals surface area contributed by atoms with E-state index >= 15 is 0 Å². The SMILES string of the molecule is OCc1cnn2cccc(CN3CCCCC3)c12. The van der Waals surface area contributed by atoms with Crippen molar-refractivity contribution in [3.05, 3.63) is 35.7 Å². The van der Waals surface area contributed by atoms with Crippen LogP contribution in [0.1, 0.15) is 30.4 Å². The van der Waals surface area contributed by atoms with Gasteiger partial charge in [0.2, 0.25) is 0 Å². The van der Waals surface area contributed by atoms with Crippen molar-refractivity contribution in [1.82, 2.24) is 14.5 Å². The van der Waals surface area contributed by atoms with Crippen molar-refractivity contribution in [3.63, 3.8) is 0 Å². The summed E-state index contributed by atoms with van der Waals surface area (Å²) in [4.78, 5) is 2.49. The van der Waals surface area contributed by atoms with Crippen LogP contribution in [0.4, 0.5) is 0 Å². The number of pyridine rings is 1. The van der Waals surface area contributed by atoms with Crippen LogP contribution in [0, 0.1) is 0 Å². The fourth-order valence-electron chi connectivity index (χ4n) is 2.79. The lowest BCUT2D eigenvalue weighted by atomic mass is 10.1. The summed E-state index contributed by atoms with van der Waals surface area (Å²) in [6, 6.07) is 4.17. The van der Waals surface area contributed by atoms with Crippen LogP contribution >= 0.6 is 0 Å². The standard InChI is InChI=1S/C14H19N3O/c18-11-13-9-15-17-8-4-5-12(14(13)17)10-16-6-2-1-3-7-16/h4-5,8-9,18H,1-3,6-7,10-11H2. The van der Waals surface area contributed by atoms with Crippen LogP contribution in [0.25, 0.3) is 5.52 Å².